The summed E-state index contributed by atoms with van der Waals surface area (Å²) in [6.45, 7) is 0.557. The number of fused-ring (bicyclic) bond motifs is 1. The van der Waals surface area contributed by atoms with Crippen LogP contribution in [0.2, 0.25) is 0 Å². The van der Waals surface area contributed by atoms with Gasteiger partial charge in [-0.1, -0.05) is 30.3 Å². The van der Waals surface area contributed by atoms with Gasteiger partial charge in [0.1, 0.15) is 30.3 Å². The maximum Gasteiger partial charge on any atom is 0.245 e. The van der Waals surface area contributed by atoms with E-state index in [9.17, 15) is 19.1 Å². The molecule has 1 aliphatic rings. The molecule has 0 saturated carbocycles. The van der Waals surface area contributed by atoms with Crippen LogP contribution in [-0.4, -0.2) is 40.6 Å². The van der Waals surface area contributed by atoms with E-state index in [0.717, 1.165) is 33.3 Å². The Hall–Kier alpha value is -4.17. The van der Waals surface area contributed by atoms with Gasteiger partial charge in [-0.05, 0) is 59.5 Å². The molecule has 2 heterocycles. The fourth-order valence-electron chi connectivity index (χ4n) is 4.44. The maximum absolute atomic E-state index is 13.6. The van der Waals surface area contributed by atoms with E-state index in [2.05, 4.69) is 15.6 Å². The number of aromatic amines is 1. The van der Waals surface area contributed by atoms with Gasteiger partial charge in [0.25, 0.3) is 0 Å². The van der Waals surface area contributed by atoms with E-state index < -0.39 is 18.1 Å². The van der Waals surface area contributed by atoms with Crippen LogP contribution in [0.25, 0.3) is 22.2 Å². The van der Waals surface area contributed by atoms with Crippen molar-refractivity contribution in [3.8, 4) is 17.0 Å². The lowest BCUT2D eigenvalue weighted by Gasteiger charge is -2.14. The number of aliphatic hydroxyl groups is 1. The van der Waals surface area contributed by atoms with Crippen LogP contribution in [0.15, 0.2) is 72.8 Å². The van der Waals surface area contributed by atoms with Crippen molar-refractivity contribution in [1.29, 1.82) is 0 Å². The minimum absolute atomic E-state index is 0.115. The van der Waals surface area contributed by atoms with E-state index in [1.54, 1.807) is 12.1 Å². The number of nitrogens with one attached hydrogen (secondary N) is 3. The molecule has 2 amide bonds. The summed E-state index contributed by atoms with van der Waals surface area (Å²) in [6.07, 6.45) is -0.449. The molecule has 0 aliphatic carbocycles. The summed E-state index contributed by atoms with van der Waals surface area (Å²) >= 11 is 0. The van der Waals surface area contributed by atoms with Crippen LogP contribution >= 0.6 is 0 Å². The first-order chi connectivity index (χ1) is 17.5. The summed E-state index contributed by atoms with van der Waals surface area (Å²) in [5.41, 5.74) is 4.37. The number of hydrogen-bond acceptors (Lipinski definition) is 4. The average Bonchev–Trinajstić information content (AvgIpc) is 3.41. The second-order valence-electron chi connectivity index (χ2n) is 8.82. The van der Waals surface area contributed by atoms with Gasteiger partial charge in [0.15, 0.2) is 0 Å². The van der Waals surface area contributed by atoms with Crippen LogP contribution in [-0.2, 0) is 22.6 Å². The quantitative estimate of drug-likeness (QED) is 0.306. The lowest BCUT2D eigenvalue weighted by Crippen LogP contribution is -2.45. The van der Waals surface area contributed by atoms with Crippen LogP contribution in [0.1, 0.15) is 17.5 Å². The number of benzene rings is 3. The van der Waals surface area contributed by atoms with E-state index in [-0.39, 0.29) is 24.7 Å². The zero-order valence-electron chi connectivity index (χ0n) is 19.5. The van der Waals surface area contributed by atoms with Crippen molar-refractivity contribution < 1.29 is 23.8 Å². The molecule has 1 fully saturated rings. The zero-order chi connectivity index (χ0) is 25.1. The van der Waals surface area contributed by atoms with E-state index in [1.807, 2.05) is 48.5 Å². The molecule has 4 N–H and O–H groups in total. The van der Waals surface area contributed by atoms with Gasteiger partial charge in [-0.15, -0.1) is 0 Å². The lowest BCUT2D eigenvalue weighted by molar-refractivity contribution is -0.128. The number of aromatic nitrogens is 1. The zero-order valence-corrected chi connectivity index (χ0v) is 19.5. The molecule has 7 nitrogen and oxygen atoms in total. The molecule has 0 radical (unpaired) electrons. The Kier molecular flexibility index (Phi) is 6.69. The molecule has 2 atom stereocenters. The first-order valence-electron chi connectivity index (χ1n) is 11.8. The third-order valence-electron chi connectivity index (χ3n) is 6.33. The molecule has 0 unspecified atom stereocenters. The number of carbonyl (C=O) groups is 2. The lowest BCUT2D eigenvalue weighted by atomic mass is 10.0. The summed E-state index contributed by atoms with van der Waals surface area (Å²) in [5.74, 6) is -0.360. The van der Waals surface area contributed by atoms with Gasteiger partial charge in [0.2, 0.25) is 11.8 Å². The van der Waals surface area contributed by atoms with Crippen molar-refractivity contribution in [2.75, 3.05) is 6.54 Å². The largest absolute Gasteiger partial charge is 0.489 e. The van der Waals surface area contributed by atoms with Gasteiger partial charge in [-0.2, -0.15) is 0 Å². The second kappa shape index (κ2) is 10.2. The van der Waals surface area contributed by atoms with Gasteiger partial charge in [-0.3, -0.25) is 9.59 Å². The summed E-state index contributed by atoms with van der Waals surface area (Å²) < 4.78 is 19.5. The van der Waals surface area contributed by atoms with E-state index >= 15 is 0 Å². The Morgan fingerprint density at radius 2 is 1.86 bits per heavy atom. The fourth-order valence-corrected chi connectivity index (χ4v) is 4.44. The minimum atomic E-state index is -0.946. The molecule has 8 heteroatoms. The fraction of sp³-hybridized carbons (Fsp3) is 0.214. The Morgan fingerprint density at radius 1 is 1.08 bits per heavy atom. The number of rotatable bonds is 8. The molecule has 36 heavy (non-hydrogen) atoms. The molecular formula is C28H26FN3O4. The summed E-state index contributed by atoms with van der Waals surface area (Å²) in [7, 11) is 0. The standard InChI is InChI=1S/C28H26FN3O4/c29-19-8-6-18(7-9-19)26-22(12-13-25(34)32-27-24(33)15-30-28(27)35)21-11-10-20(14-23(21)31-26)36-16-17-4-2-1-3-5-17/h1-11,14,24,27,31,33H,12-13,15-16H2,(H,30,35)(H,32,34)/t24-,27+/m1/s1. The van der Waals surface area contributed by atoms with Crippen molar-refractivity contribution in [1.82, 2.24) is 15.6 Å². The van der Waals surface area contributed by atoms with E-state index in [1.165, 1.54) is 12.1 Å². The SMILES string of the molecule is O=C(CCc1c(-c2ccc(F)cc2)[nH]c2cc(OCc3ccccc3)ccc12)N[C@@H]1C(=O)NC[C@H]1O. The second-order valence-corrected chi connectivity index (χ2v) is 8.82. The van der Waals surface area contributed by atoms with Gasteiger partial charge in [0.05, 0.1) is 0 Å². The number of β-amino-alcohol motifs (C(OH)–C–C–N with tert-alkyl or cyclic N) is 1. The summed E-state index contributed by atoms with van der Waals surface area (Å²) in [5, 5.41) is 16.0. The Labute approximate surface area is 207 Å². The summed E-state index contributed by atoms with van der Waals surface area (Å²) in [4.78, 5) is 27.9. The number of halogens is 1. The van der Waals surface area contributed by atoms with Crippen LogP contribution in [0.4, 0.5) is 4.39 Å². The van der Waals surface area contributed by atoms with Crippen LogP contribution in [0, 0.1) is 5.82 Å². The molecule has 1 aromatic heterocycles. The first kappa shape index (κ1) is 23.6. The molecule has 0 spiro atoms. The number of amides is 2. The number of ether oxygens (including phenoxy) is 1. The van der Waals surface area contributed by atoms with E-state index in [4.69, 9.17) is 4.74 Å². The highest BCUT2D eigenvalue weighted by Gasteiger charge is 2.34. The van der Waals surface area contributed by atoms with Gasteiger partial charge >= 0.3 is 0 Å². The molecule has 5 rings (SSSR count). The van der Waals surface area contributed by atoms with Gasteiger partial charge in [-0.25, -0.2) is 4.39 Å². The van der Waals surface area contributed by atoms with E-state index in [0.29, 0.717) is 18.8 Å². The third kappa shape index (κ3) is 5.08. The third-order valence-corrected chi connectivity index (χ3v) is 6.33. The predicted molar refractivity (Wildman–Crippen MR) is 134 cm³/mol. The molecule has 1 saturated heterocycles. The predicted octanol–water partition coefficient (Wildman–Crippen LogP) is 3.46. The Morgan fingerprint density at radius 3 is 2.58 bits per heavy atom. The van der Waals surface area contributed by atoms with Crippen LogP contribution < -0.4 is 15.4 Å². The van der Waals surface area contributed by atoms with Gasteiger partial charge < -0.3 is 25.5 Å². The monoisotopic (exact) mass is 487 g/mol. The normalized spacial score (nSPS) is 17.2. The smallest absolute Gasteiger partial charge is 0.245 e. The van der Waals surface area contributed by atoms with Crippen molar-refractivity contribution in [3.05, 3.63) is 89.7 Å². The highest BCUT2D eigenvalue weighted by atomic mass is 19.1. The average molecular weight is 488 g/mol. The number of aryl methyl sites for hydroxylation is 1. The molecular weight excluding hydrogens is 461 g/mol. The molecule has 0 bridgehead atoms. The van der Waals surface area contributed by atoms with Crippen molar-refractivity contribution in [2.45, 2.75) is 31.6 Å². The van der Waals surface area contributed by atoms with Crippen LogP contribution in [0.5, 0.6) is 5.75 Å². The molecule has 184 valence electrons. The Balaban J connectivity index is 1.39. The van der Waals surface area contributed by atoms with Crippen molar-refractivity contribution in [2.24, 2.45) is 0 Å². The molecule has 1 aliphatic heterocycles. The first-order valence-corrected chi connectivity index (χ1v) is 11.8. The van der Waals surface area contributed by atoms with Crippen molar-refractivity contribution >= 4 is 22.7 Å². The maximum atomic E-state index is 13.6. The number of aliphatic hydroxyl groups excluding tert-OH is 1. The number of carbonyl (C=O) groups excluding carboxylic acids is 2. The van der Waals surface area contributed by atoms with Gasteiger partial charge in [0, 0.05) is 35.6 Å². The highest BCUT2D eigenvalue weighted by molar-refractivity contribution is 5.93. The summed E-state index contributed by atoms with van der Waals surface area (Å²) in [6, 6.07) is 20.8. The highest BCUT2D eigenvalue weighted by Crippen LogP contribution is 2.33. The molecule has 4 aromatic rings. The number of H-pyrrole nitrogens is 1. The van der Waals surface area contributed by atoms with Crippen molar-refractivity contribution in [3.63, 3.8) is 0 Å². The number of hydrogen-bond donors (Lipinski definition) is 4. The van der Waals surface area contributed by atoms with Crippen LogP contribution in [0.3, 0.4) is 0 Å². The molecule has 3 aromatic carbocycles. The Bertz CT molecular complexity index is 1390. The minimum Gasteiger partial charge on any atom is -0.489 e. The topological polar surface area (TPSA) is 103 Å².